The molecule has 0 N–H and O–H groups in total. The van der Waals surface area contributed by atoms with Crippen LogP contribution in [0.25, 0.3) is 16.9 Å². The molecule has 0 bridgehead atoms. The van der Waals surface area contributed by atoms with Gasteiger partial charge >= 0.3 is 5.69 Å². The highest BCUT2D eigenvalue weighted by Crippen LogP contribution is 2.27. The van der Waals surface area contributed by atoms with E-state index in [4.69, 9.17) is 11.6 Å². The van der Waals surface area contributed by atoms with Crippen LogP contribution in [0.2, 0.25) is 5.02 Å². The predicted octanol–water partition coefficient (Wildman–Crippen LogP) is 2.96. The summed E-state index contributed by atoms with van der Waals surface area (Å²) in [6, 6.07) is 8.99. The highest BCUT2D eigenvalue weighted by molar-refractivity contribution is 6.33. The molecule has 3 aromatic rings. The fourth-order valence-corrected chi connectivity index (χ4v) is 1.99. The van der Waals surface area contributed by atoms with Crippen molar-refractivity contribution in [1.29, 1.82) is 0 Å². The minimum atomic E-state index is -0.511. The van der Waals surface area contributed by atoms with E-state index in [1.807, 2.05) is 18.2 Å². The summed E-state index contributed by atoms with van der Waals surface area (Å²) >= 11 is 6.09. The van der Waals surface area contributed by atoms with Gasteiger partial charge in [0.1, 0.15) is 12.4 Å². The lowest BCUT2D eigenvalue weighted by Gasteiger charge is -1.97. The Morgan fingerprint density at radius 2 is 2.11 bits per heavy atom. The van der Waals surface area contributed by atoms with Crippen LogP contribution in [0.3, 0.4) is 0 Å². The van der Waals surface area contributed by atoms with Gasteiger partial charge in [0.05, 0.1) is 15.6 Å². The summed E-state index contributed by atoms with van der Waals surface area (Å²) in [5.41, 5.74) is 1.80. The second-order valence-electron chi connectivity index (χ2n) is 3.88. The first kappa shape index (κ1) is 11.6. The van der Waals surface area contributed by atoms with E-state index in [0.717, 1.165) is 5.56 Å². The molecule has 0 fully saturated rings. The molecule has 0 amide bonds. The average Bonchev–Trinajstić information content (AvgIpc) is 2.81. The molecule has 0 aliphatic heterocycles. The molecule has 2 heterocycles. The van der Waals surface area contributed by atoms with Gasteiger partial charge < -0.3 is 0 Å². The number of hydrogen-bond donors (Lipinski definition) is 0. The molecule has 19 heavy (non-hydrogen) atoms. The summed E-state index contributed by atoms with van der Waals surface area (Å²) in [4.78, 5) is 14.2. The van der Waals surface area contributed by atoms with Crippen LogP contribution in [0, 0.1) is 10.1 Å². The van der Waals surface area contributed by atoms with Gasteiger partial charge in [-0.2, -0.15) is 5.10 Å². The summed E-state index contributed by atoms with van der Waals surface area (Å²) in [7, 11) is 0. The van der Waals surface area contributed by atoms with Gasteiger partial charge in [0.2, 0.25) is 0 Å². The molecule has 0 aliphatic carbocycles. The Bertz CT molecular complexity index is 784. The van der Waals surface area contributed by atoms with Gasteiger partial charge in [-0.05, 0) is 6.07 Å². The van der Waals surface area contributed by atoms with Crippen molar-refractivity contribution in [3.8, 4) is 11.3 Å². The maximum absolute atomic E-state index is 10.7. The summed E-state index contributed by atoms with van der Waals surface area (Å²) in [5.74, 6) is 0. The number of aromatic nitrogens is 3. The molecule has 3 rings (SSSR count). The maximum atomic E-state index is 10.7. The molecule has 0 unspecified atom stereocenters. The summed E-state index contributed by atoms with van der Waals surface area (Å²) in [6.07, 6.45) is 2.52. The van der Waals surface area contributed by atoms with Crippen LogP contribution < -0.4 is 0 Å². The van der Waals surface area contributed by atoms with Crippen molar-refractivity contribution >= 4 is 22.9 Å². The number of halogens is 1. The minimum absolute atomic E-state index is 0.110. The quantitative estimate of drug-likeness (QED) is 0.532. The molecule has 0 radical (unpaired) electrons. The molecular weight excluding hydrogens is 268 g/mol. The Balaban J connectivity index is 2.17. The van der Waals surface area contributed by atoms with Crippen molar-refractivity contribution in [1.82, 2.24) is 14.6 Å². The van der Waals surface area contributed by atoms with Crippen LogP contribution in [-0.2, 0) is 0 Å². The van der Waals surface area contributed by atoms with Crippen molar-refractivity contribution in [2.24, 2.45) is 0 Å². The highest BCUT2D eigenvalue weighted by atomic mass is 35.5. The number of fused-ring (bicyclic) bond motifs is 1. The monoisotopic (exact) mass is 274 g/mol. The zero-order valence-electron chi connectivity index (χ0n) is 9.52. The Hall–Kier alpha value is -2.47. The molecule has 0 atom stereocenters. The topological polar surface area (TPSA) is 73.3 Å². The third-order valence-electron chi connectivity index (χ3n) is 2.66. The first-order valence-corrected chi connectivity index (χ1v) is 5.77. The number of nitro groups is 1. The Kier molecular flexibility index (Phi) is 2.64. The predicted molar refractivity (Wildman–Crippen MR) is 70.1 cm³/mol. The van der Waals surface area contributed by atoms with E-state index in [-0.39, 0.29) is 5.69 Å². The van der Waals surface area contributed by atoms with Crippen molar-refractivity contribution in [3.63, 3.8) is 0 Å². The Morgan fingerprint density at radius 1 is 1.32 bits per heavy atom. The highest BCUT2D eigenvalue weighted by Gasteiger charge is 2.12. The van der Waals surface area contributed by atoms with Gasteiger partial charge in [-0.3, -0.25) is 10.1 Å². The van der Waals surface area contributed by atoms with E-state index < -0.39 is 4.92 Å². The lowest BCUT2D eigenvalue weighted by molar-refractivity contribution is -0.385. The second-order valence-corrected chi connectivity index (χ2v) is 4.29. The number of hydrogen-bond acceptors (Lipinski definition) is 4. The SMILES string of the molecule is O=[N+]([O-])c1cnc2cc(-c3ccccc3Cl)nn2c1. The first-order chi connectivity index (χ1) is 9.15. The van der Waals surface area contributed by atoms with E-state index in [1.165, 1.54) is 16.9 Å². The standard InChI is InChI=1S/C12H7ClN4O2/c13-10-4-2-1-3-9(10)11-5-12-14-6-8(17(18)19)7-16(12)15-11/h1-7H. The second kappa shape index (κ2) is 4.33. The molecule has 0 saturated carbocycles. The van der Waals surface area contributed by atoms with Gasteiger partial charge in [0, 0.05) is 11.6 Å². The van der Waals surface area contributed by atoms with Crippen LogP contribution in [0.1, 0.15) is 0 Å². The lowest BCUT2D eigenvalue weighted by atomic mass is 10.1. The average molecular weight is 275 g/mol. The lowest BCUT2D eigenvalue weighted by Crippen LogP contribution is -1.95. The van der Waals surface area contributed by atoms with Crippen LogP contribution in [0.15, 0.2) is 42.7 Å². The van der Waals surface area contributed by atoms with Gasteiger partial charge in [0.15, 0.2) is 5.65 Å². The number of rotatable bonds is 2. The van der Waals surface area contributed by atoms with Crippen LogP contribution in [0.5, 0.6) is 0 Å². The molecule has 0 spiro atoms. The molecule has 1 aromatic carbocycles. The Labute approximate surface area is 112 Å². The van der Waals surface area contributed by atoms with E-state index in [1.54, 1.807) is 12.1 Å². The summed E-state index contributed by atoms with van der Waals surface area (Å²) in [6.45, 7) is 0. The van der Waals surface area contributed by atoms with E-state index in [0.29, 0.717) is 16.4 Å². The molecule has 94 valence electrons. The van der Waals surface area contributed by atoms with E-state index >= 15 is 0 Å². The summed E-state index contributed by atoms with van der Waals surface area (Å²) in [5, 5.41) is 15.5. The van der Waals surface area contributed by atoms with Crippen LogP contribution in [-0.4, -0.2) is 19.5 Å². The number of nitrogens with zero attached hydrogens (tertiary/aromatic N) is 4. The fraction of sp³-hybridized carbons (Fsp3) is 0. The van der Waals surface area contributed by atoms with Crippen molar-refractivity contribution < 1.29 is 4.92 Å². The fourth-order valence-electron chi connectivity index (χ4n) is 1.76. The van der Waals surface area contributed by atoms with Crippen molar-refractivity contribution in [2.45, 2.75) is 0 Å². The molecular formula is C12H7ClN4O2. The van der Waals surface area contributed by atoms with Gasteiger partial charge in [0.25, 0.3) is 0 Å². The summed E-state index contributed by atoms with van der Waals surface area (Å²) < 4.78 is 1.37. The first-order valence-electron chi connectivity index (χ1n) is 5.40. The Morgan fingerprint density at radius 3 is 2.84 bits per heavy atom. The zero-order valence-corrected chi connectivity index (χ0v) is 10.3. The maximum Gasteiger partial charge on any atom is 0.305 e. The zero-order chi connectivity index (χ0) is 13.4. The number of benzene rings is 1. The molecule has 0 saturated heterocycles. The molecule has 2 aromatic heterocycles. The molecule has 6 nitrogen and oxygen atoms in total. The third kappa shape index (κ3) is 2.02. The van der Waals surface area contributed by atoms with Gasteiger partial charge in [-0.25, -0.2) is 9.50 Å². The van der Waals surface area contributed by atoms with Crippen molar-refractivity contribution in [2.75, 3.05) is 0 Å². The van der Waals surface area contributed by atoms with Crippen LogP contribution >= 0.6 is 11.6 Å². The molecule has 0 aliphatic rings. The normalized spacial score (nSPS) is 10.8. The molecule has 7 heteroatoms. The van der Waals surface area contributed by atoms with E-state index in [2.05, 4.69) is 10.1 Å². The third-order valence-corrected chi connectivity index (χ3v) is 2.99. The smallest absolute Gasteiger partial charge is 0.258 e. The van der Waals surface area contributed by atoms with Gasteiger partial charge in [-0.1, -0.05) is 29.8 Å². The van der Waals surface area contributed by atoms with Crippen LogP contribution in [0.4, 0.5) is 5.69 Å². The minimum Gasteiger partial charge on any atom is -0.258 e. The largest absolute Gasteiger partial charge is 0.305 e. The van der Waals surface area contributed by atoms with Crippen molar-refractivity contribution in [3.05, 3.63) is 57.9 Å². The van der Waals surface area contributed by atoms with Gasteiger partial charge in [-0.15, -0.1) is 0 Å². The van der Waals surface area contributed by atoms with E-state index in [9.17, 15) is 10.1 Å².